The normalized spacial score (nSPS) is 11.8. The zero-order chi connectivity index (χ0) is 39.3. The second kappa shape index (κ2) is 18.7. The van der Waals surface area contributed by atoms with Crippen LogP contribution >= 0.6 is 0 Å². The topological polar surface area (TPSA) is 149 Å². The molecule has 280 valence electrons. The van der Waals surface area contributed by atoms with Crippen LogP contribution < -0.4 is 10.1 Å². The maximum atomic E-state index is 12.9. The molecular weight excluding hydrogens is 701 g/mol. The summed E-state index contributed by atoms with van der Waals surface area (Å²) in [5.74, 6) is -1.65. The van der Waals surface area contributed by atoms with Gasteiger partial charge in [-0.1, -0.05) is 72.8 Å². The van der Waals surface area contributed by atoms with Crippen molar-refractivity contribution in [1.29, 1.82) is 5.26 Å². The molecule has 0 aliphatic rings. The molecule has 1 atom stereocenters. The number of ether oxygens (including phenoxy) is 2. The van der Waals surface area contributed by atoms with Gasteiger partial charge < -0.3 is 30.1 Å². The number of rotatable bonds is 14. The summed E-state index contributed by atoms with van der Waals surface area (Å²) < 4.78 is 50.0. The van der Waals surface area contributed by atoms with Crippen LogP contribution in [0.25, 0.3) is 22.3 Å². The Morgan fingerprint density at radius 1 is 0.759 bits per heavy atom. The molecule has 0 aromatic heterocycles. The molecule has 0 radical (unpaired) electrons. The van der Waals surface area contributed by atoms with Crippen molar-refractivity contribution in [2.45, 2.75) is 38.3 Å². The second-order valence-corrected chi connectivity index (χ2v) is 12.9. The minimum atomic E-state index is -4.42. The van der Waals surface area contributed by atoms with Gasteiger partial charge in [0.1, 0.15) is 24.5 Å². The molecule has 0 aliphatic carbocycles. The van der Waals surface area contributed by atoms with Crippen LogP contribution in [-0.4, -0.2) is 58.7 Å². The molecule has 5 aromatic rings. The van der Waals surface area contributed by atoms with E-state index in [-0.39, 0.29) is 43.2 Å². The Morgan fingerprint density at radius 2 is 1.31 bits per heavy atom. The lowest BCUT2D eigenvalue weighted by molar-refractivity contribution is -0.137. The number of carboxylic acid groups (broad SMARTS) is 2. The highest BCUT2D eigenvalue weighted by Crippen LogP contribution is 2.30. The molecule has 9 nitrogen and oxygen atoms in total. The van der Waals surface area contributed by atoms with Gasteiger partial charge in [0.05, 0.1) is 35.5 Å². The number of halogens is 3. The van der Waals surface area contributed by atoms with Gasteiger partial charge in [0.25, 0.3) is 0 Å². The first-order chi connectivity index (χ1) is 25.6. The third kappa shape index (κ3) is 12.3. The van der Waals surface area contributed by atoms with E-state index in [1.807, 2.05) is 62.4 Å². The van der Waals surface area contributed by atoms with E-state index in [9.17, 15) is 33.1 Å². The van der Waals surface area contributed by atoms with E-state index in [0.717, 1.165) is 28.8 Å². The van der Waals surface area contributed by atoms with Crippen molar-refractivity contribution in [3.63, 3.8) is 0 Å². The Balaban J connectivity index is 0.000000358. The molecule has 5 rings (SSSR count). The van der Waals surface area contributed by atoms with Crippen LogP contribution in [0, 0.1) is 11.3 Å². The Morgan fingerprint density at radius 3 is 1.87 bits per heavy atom. The average Bonchev–Trinajstić information content (AvgIpc) is 3.16. The average molecular weight is 741 g/mol. The maximum absolute atomic E-state index is 12.9. The molecule has 0 unspecified atom stereocenters. The molecule has 0 saturated carbocycles. The Labute approximate surface area is 310 Å². The van der Waals surface area contributed by atoms with Gasteiger partial charge in [-0.25, -0.2) is 9.59 Å². The van der Waals surface area contributed by atoms with Gasteiger partial charge in [-0.3, -0.25) is 0 Å². The first-order valence-corrected chi connectivity index (χ1v) is 16.7. The summed E-state index contributed by atoms with van der Waals surface area (Å²) in [5, 5.41) is 40.8. The molecule has 0 aliphatic heterocycles. The number of alkyl halides is 3. The smallest absolute Gasteiger partial charge is 0.416 e. The van der Waals surface area contributed by atoms with E-state index >= 15 is 0 Å². The van der Waals surface area contributed by atoms with Crippen molar-refractivity contribution >= 4 is 11.9 Å². The minimum absolute atomic E-state index is 0.00695. The zero-order valence-corrected chi connectivity index (χ0v) is 29.5. The van der Waals surface area contributed by atoms with Crippen LogP contribution in [0.3, 0.4) is 0 Å². The molecular formula is C42H39F3N2O7. The number of aromatic carboxylic acids is 2. The number of aliphatic hydroxyl groups excluding tert-OH is 1. The number of nitrogens with zero attached hydrogens (tertiary/aromatic N) is 1. The van der Waals surface area contributed by atoms with Crippen LogP contribution in [0.1, 0.15) is 51.3 Å². The van der Waals surface area contributed by atoms with Gasteiger partial charge in [0.2, 0.25) is 0 Å². The predicted molar refractivity (Wildman–Crippen MR) is 197 cm³/mol. The number of benzene rings is 5. The highest BCUT2D eigenvalue weighted by Gasteiger charge is 2.30. The van der Waals surface area contributed by atoms with Crippen molar-refractivity contribution in [2.75, 3.05) is 19.8 Å². The molecule has 0 bridgehead atoms. The fraction of sp³-hybridized carbons (Fsp3) is 0.214. The van der Waals surface area contributed by atoms with Crippen LogP contribution in [0.5, 0.6) is 5.75 Å². The molecule has 0 fully saturated rings. The quantitative estimate of drug-likeness (QED) is 0.0882. The summed E-state index contributed by atoms with van der Waals surface area (Å²) in [6.45, 7) is 3.88. The fourth-order valence-corrected chi connectivity index (χ4v) is 5.11. The molecule has 0 spiro atoms. The molecule has 0 heterocycles. The number of β-amino-alcohol motifs (C(OH)–C–C–N with tert-alkyl or cyclic N) is 1. The van der Waals surface area contributed by atoms with Crippen molar-refractivity contribution < 1.29 is 47.6 Å². The number of carbonyl (C=O) groups is 2. The summed E-state index contributed by atoms with van der Waals surface area (Å²) in [6.07, 6.45) is -5.35. The van der Waals surface area contributed by atoms with Gasteiger partial charge in [-0.05, 0) is 90.2 Å². The van der Waals surface area contributed by atoms with Gasteiger partial charge in [-0.15, -0.1) is 0 Å². The summed E-state index contributed by atoms with van der Waals surface area (Å²) in [5.41, 5.74) is 3.41. The maximum Gasteiger partial charge on any atom is 0.416 e. The molecule has 4 N–H and O–H groups in total. The number of aliphatic hydroxyl groups is 1. The summed E-state index contributed by atoms with van der Waals surface area (Å²) in [6, 6.07) is 35.0. The van der Waals surface area contributed by atoms with Gasteiger partial charge in [-0.2, -0.15) is 18.4 Å². The van der Waals surface area contributed by atoms with Crippen molar-refractivity contribution in [2.24, 2.45) is 0 Å². The van der Waals surface area contributed by atoms with E-state index in [4.69, 9.17) is 19.7 Å². The van der Waals surface area contributed by atoms with Crippen molar-refractivity contribution in [1.82, 2.24) is 5.32 Å². The lowest BCUT2D eigenvalue weighted by atomic mass is 10.0. The van der Waals surface area contributed by atoms with Crippen molar-refractivity contribution in [3.8, 4) is 34.1 Å². The number of hydrogen-bond acceptors (Lipinski definition) is 7. The monoisotopic (exact) mass is 740 g/mol. The zero-order valence-electron chi connectivity index (χ0n) is 29.5. The Hall–Kier alpha value is -6.00. The predicted octanol–water partition coefficient (Wildman–Crippen LogP) is 8.32. The summed E-state index contributed by atoms with van der Waals surface area (Å²) >= 11 is 0. The Bertz CT molecular complexity index is 2040. The second-order valence-electron chi connectivity index (χ2n) is 12.9. The first kappa shape index (κ1) is 40.8. The summed E-state index contributed by atoms with van der Waals surface area (Å²) in [4.78, 5) is 21.7. The third-order valence-corrected chi connectivity index (χ3v) is 8.04. The van der Waals surface area contributed by atoms with Gasteiger partial charge >= 0.3 is 18.1 Å². The lowest BCUT2D eigenvalue weighted by Crippen LogP contribution is -2.47. The largest absolute Gasteiger partial charge is 0.489 e. The van der Waals surface area contributed by atoms with Crippen LogP contribution in [0.4, 0.5) is 13.2 Å². The third-order valence-electron chi connectivity index (χ3n) is 8.04. The fourth-order valence-electron chi connectivity index (χ4n) is 5.11. The van der Waals surface area contributed by atoms with Crippen molar-refractivity contribution in [3.05, 3.63) is 149 Å². The van der Waals surface area contributed by atoms with Crippen LogP contribution in [0.2, 0.25) is 0 Å². The van der Waals surface area contributed by atoms with Crippen LogP contribution in [0.15, 0.2) is 121 Å². The van der Waals surface area contributed by atoms with E-state index < -0.39 is 35.3 Å². The lowest BCUT2D eigenvalue weighted by Gasteiger charge is -2.27. The molecule has 0 saturated heterocycles. The van der Waals surface area contributed by atoms with E-state index in [0.29, 0.717) is 16.7 Å². The number of hydrogen-bond donors (Lipinski definition) is 4. The van der Waals surface area contributed by atoms with E-state index in [1.165, 1.54) is 18.2 Å². The molecule has 12 heteroatoms. The SMILES string of the molecule is CC(C)(COCc1cccc(C(F)(F)F)c1)NC[C@@H](O)COc1cc(-c2ccc(C(=O)O)cc2)ccc1C#N.O=C(O)c1ccc(-c2ccccc2)cc1. The van der Waals surface area contributed by atoms with Gasteiger partial charge in [0.15, 0.2) is 0 Å². The van der Waals surface area contributed by atoms with Crippen LogP contribution in [-0.2, 0) is 17.5 Å². The number of nitrogens with one attached hydrogen (secondary N) is 1. The molecule has 5 aromatic carbocycles. The molecule has 0 amide bonds. The van der Waals surface area contributed by atoms with E-state index in [1.54, 1.807) is 48.5 Å². The first-order valence-electron chi connectivity index (χ1n) is 16.7. The summed E-state index contributed by atoms with van der Waals surface area (Å²) in [7, 11) is 0. The number of carboxylic acids is 2. The highest BCUT2D eigenvalue weighted by atomic mass is 19.4. The minimum Gasteiger partial charge on any atom is -0.489 e. The Kier molecular flexibility index (Phi) is 14.1. The van der Waals surface area contributed by atoms with Gasteiger partial charge in [0, 0.05) is 12.1 Å². The molecule has 54 heavy (non-hydrogen) atoms. The van der Waals surface area contributed by atoms with E-state index in [2.05, 4.69) is 5.32 Å². The standard InChI is InChI=1S/C29H29F3N2O5.C13H10O2/c1-28(2,18-38-16-19-4-3-5-24(12-19)29(30,31)32)34-15-25(35)17-39-26-13-22(10-11-23(26)14-33)20-6-8-21(9-7-20)27(36)37;14-13(15)12-8-6-11(7-9-12)10-4-2-1-3-5-10/h3-13,25,34-35H,15-18H2,1-2H3,(H,36,37);1-9H,(H,14,15)/t25-;/m1./s1. The number of nitriles is 1. The highest BCUT2D eigenvalue weighted by molar-refractivity contribution is 5.89.